The van der Waals surface area contributed by atoms with Gasteiger partial charge in [-0.15, -0.1) is 0 Å². The van der Waals surface area contributed by atoms with Crippen LogP contribution in [0.2, 0.25) is 0 Å². The summed E-state index contributed by atoms with van der Waals surface area (Å²) in [5.41, 5.74) is -1.36. The average Bonchev–Trinajstić information content (AvgIpc) is 2.99. The second-order valence-corrected chi connectivity index (χ2v) is 10.3. The molecule has 6 nitrogen and oxygen atoms in total. The molecule has 2 fully saturated rings. The van der Waals surface area contributed by atoms with Crippen LogP contribution in [0.1, 0.15) is 33.3 Å². The molecule has 0 aliphatic carbocycles. The molecule has 2 aliphatic rings. The van der Waals surface area contributed by atoms with Crippen molar-refractivity contribution in [3.8, 4) is 11.1 Å². The summed E-state index contributed by atoms with van der Waals surface area (Å²) < 4.78 is 54.5. The summed E-state index contributed by atoms with van der Waals surface area (Å²) in [5, 5.41) is 3.01. The van der Waals surface area contributed by atoms with Crippen LogP contribution in [-0.4, -0.2) is 53.8 Å². The molecule has 9 heteroatoms. The molecule has 4 rings (SSSR count). The molecule has 2 aromatic rings. The van der Waals surface area contributed by atoms with Gasteiger partial charge >= 0.3 is 6.09 Å². The number of hydrogen-bond acceptors (Lipinski definition) is 4. The van der Waals surface area contributed by atoms with Gasteiger partial charge in [-0.05, 0) is 50.5 Å². The zero-order valence-electron chi connectivity index (χ0n) is 20.2. The molecule has 2 amide bonds. The number of hydrogen-bond donors (Lipinski definition) is 1. The first-order valence-electron chi connectivity index (χ1n) is 11.5. The quantitative estimate of drug-likeness (QED) is 0.690. The van der Waals surface area contributed by atoms with E-state index < -0.39 is 40.7 Å². The molecule has 1 N–H and O–H groups in total. The van der Waals surface area contributed by atoms with Gasteiger partial charge < -0.3 is 19.7 Å². The molecule has 1 spiro atoms. The Bertz CT molecular complexity index is 1130. The Morgan fingerprint density at radius 3 is 2.51 bits per heavy atom. The number of amides is 2. The van der Waals surface area contributed by atoms with Crippen molar-refractivity contribution in [1.29, 1.82) is 0 Å². The molecule has 0 aromatic heterocycles. The van der Waals surface area contributed by atoms with Gasteiger partial charge in [0.2, 0.25) is 5.91 Å². The van der Waals surface area contributed by atoms with Gasteiger partial charge in [-0.2, -0.15) is 0 Å². The maximum Gasteiger partial charge on any atom is 0.410 e. The monoisotopic (exact) mass is 490 g/mol. The van der Waals surface area contributed by atoms with Crippen molar-refractivity contribution in [3.63, 3.8) is 0 Å². The van der Waals surface area contributed by atoms with Crippen LogP contribution in [-0.2, 0) is 20.7 Å². The summed E-state index contributed by atoms with van der Waals surface area (Å²) in [4.78, 5) is 27.0. The molecule has 188 valence electrons. The first-order valence-corrected chi connectivity index (χ1v) is 11.5. The number of ether oxygens (including phenoxy) is 2. The minimum absolute atomic E-state index is 0.0324. The first-order chi connectivity index (χ1) is 16.4. The molecule has 2 aromatic carbocycles. The molecule has 0 saturated carbocycles. The van der Waals surface area contributed by atoms with Crippen molar-refractivity contribution in [2.45, 2.75) is 51.3 Å². The van der Waals surface area contributed by atoms with Gasteiger partial charge in [0, 0.05) is 24.1 Å². The number of likely N-dealkylation sites (tertiary alicyclic amines) is 1. The minimum atomic E-state index is -0.945. The van der Waals surface area contributed by atoms with E-state index in [0.717, 1.165) is 18.2 Å². The van der Waals surface area contributed by atoms with Crippen LogP contribution in [0, 0.1) is 23.4 Å². The molecule has 0 bridgehead atoms. The SMILES string of the molecule is CC1CN(C(=O)OC(C)(C)C)C(Cc2cccc(-c3cc(F)cc(F)c3)c2F)C12COCC(=O)N2. The van der Waals surface area contributed by atoms with E-state index in [9.17, 15) is 18.4 Å². The lowest BCUT2D eigenvalue weighted by Gasteiger charge is -2.43. The third kappa shape index (κ3) is 5.00. The third-order valence-corrected chi connectivity index (χ3v) is 6.56. The van der Waals surface area contributed by atoms with Crippen LogP contribution >= 0.6 is 0 Å². The van der Waals surface area contributed by atoms with Crippen LogP contribution in [0.25, 0.3) is 11.1 Å². The summed E-state index contributed by atoms with van der Waals surface area (Å²) >= 11 is 0. The fourth-order valence-corrected chi connectivity index (χ4v) is 4.97. The van der Waals surface area contributed by atoms with Crippen molar-refractivity contribution in [2.75, 3.05) is 19.8 Å². The highest BCUT2D eigenvalue weighted by molar-refractivity contribution is 5.80. The molecule has 2 heterocycles. The number of nitrogens with one attached hydrogen (secondary N) is 1. The number of morpholine rings is 1. The Hall–Kier alpha value is -3.07. The van der Waals surface area contributed by atoms with Gasteiger partial charge in [0.15, 0.2) is 0 Å². The predicted octanol–water partition coefficient (Wildman–Crippen LogP) is 4.45. The zero-order valence-corrected chi connectivity index (χ0v) is 20.2. The van der Waals surface area contributed by atoms with Crippen LogP contribution in [0.4, 0.5) is 18.0 Å². The highest BCUT2D eigenvalue weighted by Crippen LogP contribution is 2.39. The Balaban J connectivity index is 1.74. The Labute approximate surface area is 202 Å². The van der Waals surface area contributed by atoms with Crippen molar-refractivity contribution < 1.29 is 32.2 Å². The highest BCUT2D eigenvalue weighted by Gasteiger charge is 2.57. The van der Waals surface area contributed by atoms with Crippen molar-refractivity contribution in [3.05, 3.63) is 59.4 Å². The minimum Gasteiger partial charge on any atom is -0.444 e. The fourth-order valence-electron chi connectivity index (χ4n) is 4.97. The lowest BCUT2D eigenvalue weighted by molar-refractivity contribution is -0.137. The predicted molar refractivity (Wildman–Crippen MR) is 123 cm³/mol. The van der Waals surface area contributed by atoms with E-state index in [-0.39, 0.29) is 54.7 Å². The maximum atomic E-state index is 15.7. The zero-order chi connectivity index (χ0) is 25.5. The summed E-state index contributed by atoms with van der Waals surface area (Å²) in [6, 6.07) is 6.76. The molecule has 2 saturated heterocycles. The summed E-state index contributed by atoms with van der Waals surface area (Å²) in [7, 11) is 0. The molecular formula is C26H29F3N2O4. The summed E-state index contributed by atoms with van der Waals surface area (Å²) in [6.07, 6.45) is -0.542. The average molecular weight is 491 g/mol. The number of rotatable bonds is 3. The van der Waals surface area contributed by atoms with Gasteiger partial charge in [0.25, 0.3) is 0 Å². The number of benzene rings is 2. The van der Waals surface area contributed by atoms with Gasteiger partial charge in [0.1, 0.15) is 29.7 Å². The fraction of sp³-hybridized carbons (Fsp3) is 0.462. The Kier molecular flexibility index (Phi) is 6.57. The van der Waals surface area contributed by atoms with Gasteiger partial charge in [-0.1, -0.05) is 25.1 Å². The lowest BCUT2D eigenvalue weighted by Crippen LogP contribution is -2.66. The van der Waals surface area contributed by atoms with E-state index in [2.05, 4.69) is 5.32 Å². The van der Waals surface area contributed by atoms with Gasteiger partial charge in [-0.25, -0.2) is 18.0 Å². The van der Waals surface area contributed by atoms with Crippen LogP contribution in [0.5, 0.6) is 0 Å². The standard InChI is InChI=1S/C26H29F3N2O4/c1-15-12-31(24(33)35-25(2,3)4)21(26(15)14-34-13-22(32)30-26)10-16-6-5-7-20(23(16)29)17-8-18(27)11-19(28)9-17/h5-9,11,15,21H,10,12-14H2,1-4H3,(H,30,32). The van der Waals surface area contributed by atoms with Crippen molar-refractivity contribution in [1.82, 2.24) is 10.2 Å². The maximum absolute atomic E-state index is 15.7. The summed E-state index contributed by atoms with van der Waals surface area (Å²) in [6.45, 7) is 7.49. The van der Waals surface area contributed by atoms with Crippen LogP contribution in [0.15, 0.2) is 36.4 Å². The van der Waals surface area contributed by atoms with Crippen LogP contribution in [0.3, 0.4) is 0 Å². The number of halogens is 3. The molecule has 2 aliphatic heterocycles. The smallest absolute Gasteiger partial charge is 0.410 e. The molecule has 35 heavy (non-hydrogen) atoms. The van der Waals surface area contributed by atoms with E-state index >= 15 is 4.39 Å². The molecule has 0 radical (unpaired) electrons. The second-order valence-electron chi connectivity index (χ2n) is 10.3. The lowest BCUT2D eigenvalue weighted by atomic mass is 9.79. The van der Waals surface area contributed by atoms with E-state index in [1.807, 2.05) is 6.92 Å². The molecular weight excluding hydrogens is 461 g/mol. The largest absolute Gasteiger partial charge is 0.444 e. The molecule has 3 unspecified atom stereocenters. The molecule has 3 atom stereocenters. The number of carbonyl (C=O) groups excluding carboxylic acids is 2. The normalized spacial score (nSPS) is 24.5. The van der Waals surface area contributed by atoms with E-state index in [1.165, 1.54) is 11.0 Å². The third-order valence-electron chi connectivity index (χ3n) is 6.56. The van der Waals surface area contributed by atoms with Gasteiger partial charge in [-0.3, -0.25) is 4.79 Å². The van der Waals surface area contributed by atoms with E-state index in [1.54, 1.807) is 32.9 Å². The highest BCUT2D eigenvalue weighted by atomic mass is 19.1. The Morgan fingerprint density at radius 2 is 1.89 bits per heavy atom. The van der Waals surface area contributed by atoms with Crippen LogP contribution < -0.4 is 5.32 Å². The number of nitrogens with zero attached hydrogens (tertiary/aromatic N) is 1. The topological polar surface area (TPSA) is 67.9 Å². The summed E-state index contributed by atoms with van der Waals surface area (Å²) in [5.74, 6) is -2.80. The first kappa shape index (κ1) is 25.0. The Morgan fingerprint density at radius 1 is 1.20 bits per heavy atom. The van der Waals surface area contributed by atoms with E-state index in [0.29, 0.717) is 0 Å². The van der Waals surface area contributed by atoms with E-state index in [4.69, 9.17) is 9.47 Å². The number of carbonyl (C=O) groups is 2. The second kappa shape index (κ2) is 9.18. The van der Waals surface area contributed by atoms with Crippen molar-refractivity contribution in [2.24, 2.45) is 5.92 Å². The van der Waals surface area contributed by atoms with Gasteiger partial charge in [0.05, 0.1) is 18.2 Å². The van der Waals surface area contributed by atoms with Crippen molar-refractivity contribution >= 4 is 12.0 Å².